The number of nitrogens with zero attached hydrogens (tertiary/aromatic N) is 1. The minimum Gasteiger partial charge on any atom is -0.391 e. The largest absolute Gasteiger partial charge is 0.391 e. The van der Waals surface area contributed by atoms with Gasteiger partial charge in [-0.1, -0.05) is 11.6 Å². The Morgan fingerprint density at radius 3 is 3.13 bits per heavy atom. The topological polar surface area (TPSA) is 54.4 Å². The van der Waals surface area contributed by atoms with Gasteiger partial charge in [0.2, 0.25) is 0 Å². The van der Waals surface area contributed by atoms with Gasteiger partial charge in [-0.3, -0.25) is 0 Å². The number of hydrogen-bond donors (Lipinski definition) is 2. The molecule has 0 spiro atoms. The lowest BCUT2D eigenvalue weighted by atomic mass is 10.3. The molecule has 0 amide bonds. The molecule has 1 aromatic heterocycles. The number of hydrogen-bond acceptors (Lipinski definition) is 5. The van der Waals surface area contributed by atoms with Crippen molar-refractivity contribution in [2.75, 3.05) is 20.3 Å². The Balaban J connectivity index is 2.06. The van der Waals surface area contributed by atoms with E-state index in [2.05, 4.69) is 10.3 Å². The zero-order valence-electron chi connectivity index (χ0n) is 8.57. The SMILES string of the molecule is COCC(O)CCNCc1ncc(Cl)s1. The lowest BCUT2D eigenvalue weighted by Crippen LogP contribution is -2.22. The van der Waals surface area contributed by atoms with Gasteiger partial charge >= 0.3 is 0 Å². The van der Waals surface area contributed by atoms with Crippen molar-refractivity contribution in [3.8, 4) is 0 Å². The van der Waals surface area contributed by atoms with Crippen molar-refractivity contribution in [3.63, 3.8) is 0 Å². The monoisotopic (exact) mass is 250 g/mol. The Kier molecular flexibility index (Phi) is 6.12. The number of aliphatic hydroxyl groups is 1. The van der Waals surface area contributed by atoms with Crippen LogP contribution in [0.15, 0.2) is 6.20 Å². The maximum absolute atomic E-state index is 9.35. The van der Waals surface area contributed by atoms with Crippen LogP contribution in [0.1, 0.15) is 11.4 Å². The third kappa shape index (κ3) is 5.44. The summed E-state index contributed by atoms with van der Waals surface area (Å²) in [4.78, 5) is 4.11. The minimum atomic E-state index is -0.401. The van der Waals surface area contributed by atoms with Gasteiger partial charge in [0.05, 0.1) is 18.9 Å². The first-order chi connectivity index (χ1) is 7.22. The van der Waals surface area contributed by atoms with E-state index in [1.54, 1.807) is 13.3 Å². The first kappa shape index (κ1) is 12.9. The number of nitrogens with one attached hydrogen (secondary N) is 1. The summed E-state index contributed by atoms with van der Waals surface area (Å²) < 4.78 is 5.52. The van der Waals surface area contributed by atoms with E-state index in [1.165, 1.54) is 11.3 Å². The molecular formula is C9H15ClN2O2S. The third-order valence-electron chi connectivity index (χ3n) is 1.81. The molecule has 1 atom stereocenters. The van der Waals surface area contributed by atoms with E-state index in [4.69, 9.17) is 16.3 Å². The molecule has 86 valence electrons. The van der Waals surface area contributed by atoms with E-state index in [1.807, 2.05) is 0 Å². The molecule has 1 aromatic rings. The van der Waals surface area contributed by atoms with Gasteiger partial charge in [0.15, 0.2) is 0 Å². The summed E-state index contributed by atoms with van der Waals surface area (Å²) in [6.07, 6.45) is 1.91. The predicted molar refractivity (Wildman–Crippen MR) is 61.3 cm³/mol. The van der Waals surface area contributed by atoms with Gasteiger partial charge in [-0.15, -0.1) is 11.3 Å². The van der Waals surface area contributed by atoms with Crippen molar-refractivity contribution in [3.05, 3.63) is 15.5 Å². The van der Waals surface area contributed by atoms with E-state index < -0.39 is 6.10 Å². The van der Waals surface area contributed by atoms with Crippen molar-refractivity contribution >= 4 is 22.9 Å². The zero-order valence-corrected chi connectivity index (χ0v) is 10.1. The van der Waals surface area contributed by atoms with Crippen molar-refractivity contribution in [1.82, 2.24) is 10.3 Å². The van der Waals surface area contributed by atoms with Crippen LogP contribution in [0.3, 0.4) is 0 Å². The van der Waals surface area contributed by atoms with Gasteiger partial charge in [-0.2, -0.15) is 0 Å². The van der Waals surface area contributed by atoms with Gasteiger partial charge in [0, 0.05) is 13.7 Å². The average Bonchev–Trinajstić information content (AvgIpc) is 2.60. The fraction of sp³-hybridized carbons (Fsp3) is 0.667. The van der Waals surface area contributed by atoms with Crippen LogP contribution in [0.25, 0.3) is 0 Å². The van der Waals surface area contributed by atoms with Crippen LogP contribution in [-0.2, 0) is 11.3 Å². The normalized spacial score (nSPS) is 13.0. The molecule has 0 bridgehead atoms. The summed E-state index contributed by atoms with van der Waals surface area (Å²) in [5.74, 6) is 0. The fourth-order valence-electron chi connectivity index (χ4n) is 1.11. The minimum absolute atomic E-state index is 0.380. The van der Waals surface area contributed by atoms with E-state index >= 15 is 0 Å². The summed E-state index contributed by atoms with van der Waals surface area (Å²) in [6.45, 7) is 1.81. The molecule has 2 N–H and O–H groups in total. The highest BCUT2D eigenvalue weighted by Crippen LogP contribution is 2.17. The highest BCUT2D eigenvalue weighted by molar-refractivity contribution is 7.15. The average molecular weight is 251 g/mol. The van der Waals surface area contributed by atoms with Crippen LogP contribution < -0.4 is 5.32 Å². The second-order valence-corrected chi connectivity index (χ2v) is 4.88. The molecule has 1 heterocycles. The van der Waals surface area contributed by atoms with Gasteiger partial charge in [-0.05, 0) is 13.0 Å². The molecule has 1 unspecified atom stereocenters. The molecule has 0 fully saturated rings. The van der Waals surface area contributed by atoms with E-state index in [0.717, 1.165) is 11.6 Å². The highest BCUT2D eigenvalue weighted by atomic mass is 35.5. The van der Waals surface area contributed by atoms with Crippen molar-refractivity contribution in [2.45, 2.75) is 19.1 Å². The Labute approximate surface area is 98.2 Å². The molecule has 15 heavy (non-hydrogen) atoms. The summed E-state index contributed by atoms with van der Waals surface area (Å²) in [5.41, 5.74) is 0. The molecule has 4 nitrogen and oxygen atoms in total. The first-order valence-electron chi connectivity index (χ1n) is 4.70. The molecule has 0 aliphatic heterocycles. The van der Waals surface area contributed by atoms with Crippen LogP contribution in [0.2, 0.25) is 4.34 Å². The standard InChI is InChI=1S/C9H15ClN2O2S/c1-14-6-7(13)2-3-11-5-9-12-4-8(10)15-9/h4,7,11,13H,2-3,5-6H2,1H3. The highest BCUT2D eigenvalue weighted by Gasteiger charge is 2.03. The van der Waals surface area contributed by atoms with Gasteiger partial charge in [-0.25, -0.2) is 4.98 Å². The van der Waals surface area contributed by atoms with Crippen LogP contribution in [0, 0.1) is 0 Å². The molecule has 0 radical (unpaired) electrons. The molecule has 1 rings (SSSR count). The Morgan fingerprint density at radius 1 is 1.73 bits per heavy atom. The summed E-state index contributed by atoms with van der Waals surface area (Å²) >= 11 is 7.20. The van der Waals surface area contributed by atoms with Crippen LogP contribution >= 0.6 is 22.9 Å². The van der Waals surface area contributed by atoms with Crippen LogP contribution in [0.4, 0.5) is 0 Å². The second-order valence-electron chi connectivity index (χ2n) is 3.13. The van der Waals surface area contributed by atoms with Gasteiger partial charge in [0.25, 0.3) is 0 Å². The lowest BCUT2D eigenvalue weighted by Gasteiger charge is -2.08. The molecule has 0 aliphatic carbocycles. The molecule has 0 aliphatic rings. The van der Waals surface area contributed by atoms with Crippen molar-refractivity contribution in [1.29, 1.82) is 0 Å². The number of thiazole rings is 1. The van der Waals surface area contributed by atoms with Gasteiger partial charge < -0.3 is 15.2 Å². The molecule has 0 saturated heterocycles. The van der Waals surface area contributed by atoms with E-state index in [-0.39, 0.29) is 0 Å². The number of methoxy groups -OCH3 is 1. The predicted octanol–water partition coefficient (Wildman–Crippen LogP) is 1.28. The number of rotatable bonds is 7. The number of ether oxygens (including phenoxy) is 1. The van der Waals surface area contributed by atoms with Crippen LogP contribution in [0.5, 0.6) is 0 Å². The second kappa shape index (κ2) is 7.14. The lowest BCUT2D eigenvalue weighted by molar-refractivity contribution is 0.0594. The smallest absolute Gasteiger partial charge is 0.113 e. The first-order valence-corrected chi connectivity index (χ1v) is 5.89. The third-order valence-corrected chi connectivity index (χ3v) is 2.93. The maximum atomic E-state index is 9.35. The fourth-order valence-corrected chi connectivity index (χ4v) is 2.04. The summed E-state index contributed by atoms with van der Waals surface area (Å²) in [5, 5.41) is 13.5. The van der Waals surface area contributed by atoms with Crippen molar-refractivity contribution in [2.24, 2.45) is 0 Å². The molecular weight excluding hydrogens is 236 g/mol. The molecule has 6 heteroatoms. The Bertz CT molecular complexity index is 283. The quantitative estimate of drug-likeness (QED) is 0.716. The summed E-state index contributed by atoms with van der Waals surface area (Å²) in [6, 6.07) is 0. The van der Waals surface area contributed by atoms with Gasteiger partial charge in [0.1, 0.15) is 9.34 Å². The van der Waals surface area contributed by atoms with E-state index in [9.17, 15) is 5.11 Å². The van der Waals surface area contributed by atoms with Crippen molar-refractivity contribution < 1.29 is 9.84 Å². The van der Waals surface area contributed by atoms with E-state index in [0.29, 0.717) is 23.9 Å². The number of aromatic nitrogens is 1. The number of aliphatic hydroxyl groups excluding tert-OH is 1. The maximum Gasteiger partial charge on any atom is 0.113 e. The molecule has 0 saturated carbocycles. The molecule has 0 aromatic carbocycles. The summed E-state index contributed by atoms with van der Waals surface area (Å²) in [7, 11) is 1.58. The number of halogens is 1. The Hall–Kier alpha value is -0.200. The zero-order chi connectivity index (χ0) is 11.1. The van der Waals surface area contributed by atoms with Crippen LogP contribution in [-0.4, -0.2) is 36.5 Å². The Morgan fingerprint density at radius 2 is 2.53 bits per heavy atom.